The molecule has 7 heteroatoms. The van der Waals surface area contributed by atoms with Crippen LogP contribution in [-0.2, 0) is 16.8 Å². The van der Waals surface area contributed by atoms with Crippen LogP contribution in [0.3, 0.4) is 0 Å². The van der Waals surface area contributed by atoms with Crippen LogP contribution in [0.1, 0.15) is 68.0 Å². The van der Waals surface area contributed by atoms with Gasteiger partial charge < -0.3 is 9.64 Å². The number of rotatable bonds is 5. The zero-order chi connectivity index (χ0) is 23.8. The predicted octanol–water partition coefficient (Wildman–Crippen LogP) is 4.02. The first-order chi connectivity index (χ1) is 14.0. The summed E-state index contributed by atoms with van der Waals surface area (Å²) in [4.78, 5) is 37.8. The molecule has 0 aliphatic rings. The number of carbonyl (C=O) groups excluding carboxylic acids is 1. The van der Waals surface area contributed by atoms with Gasteiger partial charge in [0.2, 0.25) is 11.8 Å². The standard InChI is InChI=1S/C24H38N4O3/c1-22(2,3)14-27(15-23(4,5)6)18(29)13-28-20-16(11-12-17(26-20)31-10)25-19(21(28)30)24(7,8)9/h11-12H,13-15H2,1-10H3. The molecule has 7 nitrogen and oxygen atoms in total. The van der Waals surface area contributed by atoms with Crippen molar-refractivity contribution >= 4 is 17.1 Å². The largest absolute Gasteiger partial charge is 0.481 e. The number of ether oxygens (including phenoxy) is 1. The molecule has 0 aliphatic carbocycles. The van der Waals surface area contributed by atoms with E-state index < -0.39 is 5.41 Å². The summed E-state index contributed by atoms with van der Waals surface area (Å²) in [6, 6.07) is 3.49. The molecule has 0 radical (unpaired) electrons. The van der Waals surface area contributed by atoms with Crippen LogP contribution in [0.15, 0.2) is 16.9 Å². The van der Waals surface area contributed by atoms with Gasteiger partial charge in [0.1, 0.15) is 17.8 Å². The SMILES string of the molecule is COc1ccc2nc(C(C)(C)C)c(=O)n(CC(=O)N(CC(C)(C)C)CC(C)(C)C)c2n1. The molecule has 1 amide bonds. The fourth-order valence-electron chi connectivity index (χ4n) is 3.46. The van der Waals surface area contributed by atoms with Crippen LogP contribution in [0.4, 0.5) is 0 Å². The topological polar surface area (TPSA) is 77.3 Å². The van der Waals surface area contributed by atoms with Crippen LogP contribution < -0.4 is 10.3 Å². The second kappa shape index (κ2) is 8.60. The highest BCUT2D eigenvalue weighted by molar-refractivity contribution is 5.79. The van der Waals surface area contributed by atoms with Gasteiger partial charge in [-0.1, -0.05) is 62.3 Å². The van der Waals surface area contributed by atoms with Gasteiger partial charge in [-0.25, -0.2) is 4.98 Å². The van der Waals surface area contributed by atoms with Crippen molar-refractivity contribution < 1.29 is 9.53 Å². The van der Waals surface area contributed by atoms with E-state index >= 15 is 0 Å². The molecule has 0 N–H and O–H groups in total. The molecule has 0 atom stereocenters. The number of nitrogens with zero attached hydrogens (tertiary/aromatic N) is 4. The fraction of sp³-hybridized carbons (Fsp3) is 0.667. The summed E-state index contributed by atoms with van der Waals surface area (Å²) in [7, 11) is 1.52. The number of hydrogen-bond donors (Lipinski definition) is 0. The molecule has 2 aromatic heterocycles. The molecule has 0 saturated heterocycles. The monoisotopic (exact) mass is 430 g/mol. The third-order valence-electron chi connectivity index (χ3n) is 4.66. The van der Waals surface area contributed by atoms with E-state index in [-0.39, 0.29) is 28.8 Å². The lowest BCUT2D eigenvalue weighted by Crippen LogP contribution is -2.45. The van der Waals surface area contributed by atoms with E-state index in [1.54, 1.807) is 12.1 Å². The van der Waals surface area contributed by atoms with Crippen molar-refractivity contribution in [1.82, 2.24) is 19.4 Å². The average Bonchev–Trinajstić information content (AvgIpc) is 2.59. The van der Waals surface area contributed by atoms with E-state index in [0.717, 1.165) is 0 Å². The van der Waals surface area contributed by atoms with E-state index in [0.29, 0.717) is 35.8 Å². The number of fused-ring (bicyclic) bond motifs is 1. The second-order valence-electron chi connectivity index (χ2n) is 11.7. The van der Waals surface area contributed by atoms with Crippen molar-refractivity contribution in [3.05, 3.63) is 28.2 Å². The number of aromatic nitrogens is 3. The normalized spacial score (nSPS) is 12.8. The molecule has 0 unspecified atom stereocenters. The van der Waals surface area contributed by atoms with Gasteiger partial charge in [0.05, 0.1) is 7.11 Å². The van der Waals surface area contributed by atoms with Crippen LogP contribution in [0.25, 0.3) is 11.2 Å². The maximum atomic E-state index is 13.5. The highest BCUT2D eigenvalue weighted by Crippen LogP contribution is 2.23. The van der Waals surface area contributed by atoms with Crippen molar-refractivity contribution in [2.24, 2.45) is 10.8 Å². The summed E-state index contributed by atoms with van der Waals surface area (Å²) in [5, 5.41) is 0. The molecular formula is C24H38N4O3. The van der Waals surface area contributed by atoms with Crippen LogP contribution in [0.2, 0.25) is 0 Å². The third kappa shape index (κ3) is 6.52. The summed E-state index contributed by atoms with van der Waals surface area (Å²) in [6.07, 6.45) is 0. The minimum Gasteiger partial charge on any atom is -0.481 e. The van der Waals surface area contributed by atoms with Crippen LogP contribution in [0, 0.1) is 10.8 Å². The van der Waals surface area contributed by atoms with Gasteiger partial charge in [-0.2, -0.15) is 4.98 Å². The molecule has 0 saturated carbocycles. The number of methoxy groups -OCH3 is 1. The Morgan fingerprint density at radius 3 is 1.97 bits per heavy atom. The number of pyridine rings is 1. The Labute approximate surface area is 185 Å². The van der Waals surface area contributed by atoms with E-state index in [4.69, 9.17) is 4.74 Å². The van der Waals surface area contributed by atoms with E-state index in [1.807, 2.05) is 25.7 Å². The van der Waals surface area contributed by atoms with Gasteiger partial charge in [-0.05, 0) is 16.9 Å². The summed E-state index contributed by atoms with van der Waals surface area (Å²) < 4.78 is 6.70. The molecule has 0 aromatic carbocycles. The van der Waals surface area contributed by atoms with Gasteiger partial charge in [0.25, 0.3) is 5.56 Å². The first-order valence-electron chi connectivity index (χ1n) is 10.8. The zero-order valence-electron chi connectivity index (χ0n) is 20.8. The zero-order valence-corrected chi connectivity index (χ0v) is 20.8. The Morgan fingerprint density at radius 2 is 1.52 bits per heavy atom. The van der Waals surface area contributed by atoms with Crippen molar-refractivity contribution in [3.63, 3.8) is 0 Å². The smallest absolute Gasteiger partial charge is 0.274 e. The quantitative estimate of drug-likeness (QED) is 0.716. The predicted molar refractivity (Wildman–Crippen MR) is 125 cm³/mol. The number of hydrogen-bond acceptors (Lipinski definition) is 5. The lowest BCUT2D eigenvalue weighted by atomic mass is 9.92. The second-order valence-corrected chi connectivity index (χ2v) is 11.7. The maximum absolute atomic E-state index is 13.5. The minimum absolute atomic E-state index is 0.0653. The summed E-state index contributed by atoms with van der Waals surface area (Å²) in [5.74, 6) is 0.267. The van der Waals surface area contributed by atoms with Gasteiger partial charge in [0.15, 0.2) is 5.65 Å². The number of amides is 1. The number of carbonyl (C=O) groups is 1. The lowest BCUT2D eigenvalue weighted by Gasteiger charge is -2.35. The highest BCUT2D eigenvalue weighted by Gasteiger charge is 2.28. The Kier molecular flexibility index (Phi) is 6.88. The molecule has 172 valence electrons. The highest BCUT2D eigenvalue weighted by atomic mass is 16.5. The molecule has 0 fully saturated rings. The Balaban J connectivity index is 2.62. The minimum atomic E-state index is -0.466. The average molecular weight is 431 g/mol. The van der Waals surface area contributed by atoms with Crippen LogP contribution >= 0.6 is 0 Å². The lowest BCUT2D eigenvalue weighted by molar-refractivity contribution is -0.134. The molecule has 2 rings (SSSR count). The van der Waals surface area contributed by atoms with Crippen molar-refractivity contribution in [1.29, 1.82) is 0 Å². The molecular weight excluding hydrogens is 392 g/mol. The van der Waals surface area contributed by atoms with Crippen molar-refractivity contribution in [3.8, 4) is 5.88 Å². The first-order valence-corrected chi connectivity index (χ1v) is 10.8. The van der Waals surface area contributed by atoms with Crippen molar-refractivity contribution in [2.75, 3.05) is 20.2 Å². The summed E-state index contributed by atoms with van der Waals surface area (Å²) in [6.45, 7) is 19.6. The van der Waals surface area contributed by atoms with Crippen LogP contribution in [0.5, 0.6) is 5.88 Å². The van der Waals surface area contributed by atoms with Crippen molar-refractivity contribution in [2.45, 2.75) is 74.3 Å². The van der Waals surface area contributed by atoms with E-state index in [9.17, 15) is 9.59 Å². The Morgan fingerprint density at radius 1 is 0.968 bits per heavy atom. The van der Waals surface area contributed by atoms with Gasteiger partial charge in [0, 0.05) is 24.6 Å². The van der Waals surface area contributed by atoms with Crippen LogP contribution in [-0.4, -0.2) is 45.5 Å². The first kappa shape index (κ1) is 24.8. The third-order valence-corrected chi connectivity index (χ3v) is 4.66. The molecule has 0 bridgehead atoms. The Hall–Kier alpha value is -2.44. The summed E-state index contributed by atoms with van der Waals surface area (Å²) >= 11 is 0. The molecule has 0 spiro atoms. The molecule has 31 heavy (non-hydrogen) atoms. The summed E-state index contributed by atoms with van der Waals surface area (Å²) in [5.41, 5.74) is 0.452. The van der Waals surface area contributed by atoms with Gasteiger partial charge >= 0.3 is 0 Å². The maximum Gasteiger partial charge on any atom is 0.274 e. The molecule has 2 heterocycles. The van der Waals surface area contributed by atoms with Gasteiger partial charge in [-0.15, -0.1) is 0 Å². The molecule has 0 aliphatic heterocycles. The molecule has 2 aromatic rings. The fourth-order valence-corrected chi connectivity index (χ4v) is 3.46. The Bertz CT molecular complexity index is 989. The van der Waals surface area contributed by atoms with E-state index in [1.165, 1.54) is 11.7 Å². The van der Waals surface area contributed by atoms with E-state index in [2.05, 4.69) is 51.5 Å². The van der Waals surface area contributed by atoms with Gasteiger partial charge in [-0.3, -0.25) is 14.2 Å².